The minimum absolute atomic E-state index is 0.113. The zero-order valence-corrected chi connectivity index (χ0v) is 15.9. The number of halogens is 4. The molecule has 1 N–H and O–H groups in total. The molecule has 10 heteroatoms. The summed E-state index contributed by atoms with van der Waals surface area (Å²) < 4.78 is 46.1. The number of nitrogens with zero attached hydrogens (tertiary/aromatic N) is 3. The minimum atomic E-state index is -4.60. The van der Waals surface area contributed by atoms with Crippen molar-refractivity contribution in [3.05, 3.63) is 63.3 Å². The fraction of sp³-hybridized carbons (Fsp3) is 0.278. The van der Waals surface area contributed by atoms with Gasteiger partial charge >= 0.3 is 6.18 Å². The number of hydrogen-bond donors (Lipinski definition) is 1. The second-order valence-corrected chi connectivity index (χ2v) is 6.58. The lowest BCUT2D eigenvalue weighted by Gasteiger charge is -2.13. The Morgan fingerprint density at radius 3 is 2.54 bits per heavy atom. The van der Waals surface area contributed by atoms with E-state index in [-0.39, 0.29) is 17.9 Å². The maximum Gasteiger partial charge on any atom is 0.418 e. The number of anilines is 1. The highest BCUT2D eigenvalue weighted by molar-refractivity contribution is 6.31. The summed E-state index contributed by atoms with van der Waals surface area (Å²) in [7, 11) is 0. The summed E-state index contributed by atoms with van der Waals surface area (Å²) in [4.78, 5) is 12.6. The van der Waals surface area contributed by atoms with Crippen molar-refractivity contribution < 1.29 is 22.5 Å². The van der Waals surface area contributed by atoms with Gasteiger partial charge in [-0.2, -0.15) is 18.3 Å². The van der Waals surface area contributed by atoms with Crippen LogP contribution in [-0.2, 0) is 12.7 Å². The Labute approximate surface area is 163 Å². The lowest BCUT2D eigenvalue weighted by Crippen LogP contribution is -2.19. The standard InChI is InChI=1S/C18H16ClF3N4O2/c1-9-15(19)10(2)26(24-9)8-12-11(3)28-25-16(12)17(27)23-14-7-5-4-6-13(14)18(20,21)22/h4-7H,8H2,1-3H3,(H,23,27). The topological polar surface area (TPSA) is 73.0 Å². The molecule has 0 bridgehead atoms. The molecule has 1 aromatic carbocycles. The van der Waals surface area contributed by atoms with Crippen LogP contribution in [0.1, 0.15) is 38.8 Å². The average Bonchev–Trinajstić information content (AvgIpc) is 3.10. The Kier molecular flexibility index (Phi) is 5.20. The lowest BCUT2D eigenvalue weighted by molar-refractivity contribution is -0.136. The van der Waals surface area contributed by atoms with E-state index in [1.165, 1.54) is 18.2 Å². The number of hydrogen-bond acceptors (Lipinski definition) is 4. The van der Waals surface area contributed by atoms with Crippen LogP contribution in [0.15, 0.2) is 28.8 Å². The molecule has 0 spiro atoms. The fourth-order valence-electron chi connectivity index (χ4n) is 2.76. The predicted octanol–water partition coefficient (Wildman–Crippen LogP) is 4.77. The summed E-state index contributed by atoms with van der Waals surface area (Å²) in [6, 6.07) is 4.71. The summed E-state index contributed by atoms with van der Waals surface area (Å²) in [5, 5.41) is 10.8. The first kappa shape index (κ1) is 19.9. The maximum atomic E-state index is 13.1. The third-order valence-corrected chi connectivity index (χ3v) is 4.83. The number of para-hydroxylation sites is 1. The van der Waals surface area contributed by atoms with E-state index in [1.807, 2.05) is 0 Å². The summed E-state index contributed by atoms with van der Waals surface area (Å²) in [6.45, 7) is 5.26. The van der Waals surface area contributed by atoms with Gasteiger partial charge in [0, 0.05) is 5.56 Å². The number of amides is 1. The van der Waals surface area contributed by atoms with Crippen LogP contribution in [0.2, 0.25) is 5.02 Å². The van der Waals surface area contributed by atoms with Crippen LogP contribution in [0.4, 0.5) is 18.9 Å². The molecule has 1 amide bonds. The molecule has 0 fully saturated rings. The SMILES string of the molecule is Cc1nn(Cc2c(C(=O)Nc3ccccc3C(F)(F)F)noc2C)c(C)c1Cl. The van der Waals surface area contributed by atoms with Gasteiger partial charge < -0.3 is 9.84 Å². The Morgan fingerprint density at radius 2 is 1.93 bits per heavy atom. The molecule has 148 valence electrons. The second kappa shape index (κ2) is 7.31. The Bertz CT molecular complexity index is 1040. The van der Waals surface area contributed by atoms with E-state index < -0.39 is 17.6 Å². The van der Waals surface area contributed by atoms with Crippen LogP contribution in [0.3, 0.4) is 0 Å². The van der Waals surface area contributed by atoms with Crippen molar-refractivity contribution in [1.82, 2.24) is 14.9 Å². The predicted molar refractivity (Wildman–Crippen MR) is 96.5 cm³/mol. The Hall–Kier alpha value is -2.81. The van der Waals surface area contributed by atoms with Crippen molar-refractivity contribution in [3.8, 4) is 0 Å². The van der Waals surface area contributed by atoms with Gasteiger partial charge in [0.25, 0.3) is 5.91 Å². The molecule has 0 aliphatic heterocycles. The molecule has 2 aromatic heterocycles. The number of benzene rings is 1. The minimum Gasteiger partial charge on any atom is -0.361 e. The van der Waals surface area contributed by atoms with Crippen molar-refractivity contribution in [3.63, 3.8) is 0 Å². The lowest BCUT2D eigenvalue weighted by atomic mass is 10.1. The highest BCUT2D eigenvalue weighted by Gasteiger charge is 2.34. The van der Waals surface area contributed by atoms with E-state index in [0.29, 0.717) is 27.7 Å². The van der Waals surface area contributed by atoms with Gasteiger partial charge in [-0.05, 0) is 32.9 Å². The summed E-state index contributed by atoms with van der Waals surface area (Å²) in [6.07, 6.45) is -4.60. The molecule has 0 atom stereocenters. The van der Waals surface area contributed by atoms with Crippen molar-refractivity contribution in [1.29, 1.82) is 0 Å². The first-order chi connectivity index (χ1) is 13.1. The van der Waals surface area contributed by atoms with Crippen LogP contribution < -0.4 is 5.32 Å². The van der Waals surface area contributed by atoms with Gasteiger partial charge in [-0.1, -0.05) is 28.9 Å². The molecule has 2 heterocycles. The number of aryl methyl sites for hydroxylation is 2. The van der Waals surface area contributed by atoms with Gasteiger partial charge in [0.1, 0.15) is 5.76 Å². The van der Waals surface area contributed by atoms with E-state index in [0.717, 1.165) is 6.07 Å². The zero-order valence-electron chi connectivity index (χ0n) is 15.2. The highest BCUT2D eigenvalue weighted by atomic mass is 35.5. The molecule has 28 heavy (non-hydrogen) atoms. The Balaban J connectivity index is 1.92. The van der Waals surface area contributed by atoms with Gasteiger partial charge in [-0.3, -0.25) is 9.48 Å². The number of carbonyl (C=O) groups is 1. The number of aromatic nitrogens is 3. The van der Waals surface area contributed by atoms with Crippen molar-refractivity contribution >= 4 is 23.2 Å². The molecule has 0 aliphatic rings. The molecular weight excluding hydrogens is 397 g/mol. The van der Waals surface area contributed by atoms with Gasteiger partial charge in [0.2, 0.25) is 0 Å². The first-order valence-electron chi connectivity index (χ1n) is 8.21. The number of rotatable bonds is 4. The smallest absolute Gasteiger partial charge is 0.361 e. The highest BCUT2D eigenvalue weighted by Crippen LogP contribution is 2.35. The van der Waals surface area contributed by atoms with E-state index >= 15 is 0 Å². The average molecular weight is 413 g/mol. The van der Waals surface area contributed by atoms with Crippen molar-refractivity contribution in [2.24, 2.45) is 0 Å². The van der Waals surface area contributed by atoms with E-state index in [2.05, 4.69) is 15.6 Å². The molecule has 0 radical (unpaired) electrons. The summed E-state index contributed by atoms with van der Waals surface area (Å²) >= 11 is 6.14. The van der Waals surface area contributed by atoms with E-state index in [1.54, 1.807) is 25.5 Å². The van der Waals surface area contributed by atoms with Crippen LogP contribution in [0, 0.1) is 20.8 Å². The zero-order chi connectivity index (χ0) is 20.6. The van der Waals surface area contributed by atoms with Crippen LogP contribution in [0.25, 0.3) is 0 Å². The largest absolute Gasteiger partial charge is 0.418 e. The maximum absolute atomic E-state index is 13.1. The van der Waals surface area contributed by atoms with E-state index in [9.17, 15) is 18.0 Å². The molecule has 0 saturated heterocycles. The number of carbonyl (C=O) groups excluding carboxylic acids is 1. The molecule has 0 unspecified atom stereocenters. The Morgan fingerprint density at radius 1 is 1.25 bits per heavy atom. The van der Waals surface area contributed by atoms with Gasteiger partial charge in [0.15, 0.2) is 5.69 Å². The third-order valence-electron chi connectivity index (χ3n) is 4.28. The summed E-state index contributed by atoms with van der Waals surface area (Å²) in [5.41, 5.74) is 0.297. The molecular formula is C18H16ClF3N4O2. The molecule has 3 aromatic rings. The number of nitrogens with one attached hydrogen (secondary N) is 1. The fourth-order valence-corrected chi connectivity index (χ4v) is 2.89. The third kappa shape index (κ3) is 3.75. The van der Waals surface area contributed by atoms with Crippen molar-refractivity contribution in [2.45, 2.75) is 33.5 Å². The number of alkyl halides is 3. The van der Waals surface area contributed by atoms with Gasteiger partial charge in [0.05, 0.1) is 34.2 Å². The molecule has 3 rings (SSSR count). The summed E-state index contributed by atoms with van der Waals surface area (Å²) in [5.74, 6) is -0.450. The molecule has 6 nitrogen and oxygen atoms in total. The van der Waals surface area contributed by atoms with Crippen LogP contribution in [-0.4, -0.2) is 20.8 Å². The first-order valence-corrected chi connectivity index (χ1v) is 8.59. The van der Waals surface area contributed by atoms with Crippen molar-refractivity contribution in [2.75, 3.05) is 5.32 Å². The monoisotopic (exact) mass is 412 g/mol. The van der Waals surface area contributed by atoms with E-state index in [4.69, 9.17) is 16.1 Å². The molecule has 0 saturated carbocycles. The normalized spacial score (nSPS) is 11.7. The van der Waals surface area contributed by atoms with Crippen LogP contribution >= 0.6 is 11.6 Å². The molecule has 0 aliphatic carbocycles. The van der Waals surface area contributed by atoms with Gasteiger partial charge in [-0.15, -0.1) is 0 Å². The quantitative estimate of drug-likeness (QED) is 0.670. The van der Waals surface area contributed by atoms with Crippen LogP contribution in [0.5, 0.6) is 0 Å². The van der Waals surface area contributed by atoms with Gasteiger partial charge in [-0.25, -0.2) is 0 Å². The second-order valence-electron chi connectivity index (χ2n) is 6.21.